The molecule has 2 saturated heterocycles. The molecule has 0 amide bonds. The fourth-order valence-corrected chi connectivity index (χ4v) is 8.68. The zero-order chi connectivity index (χ0) is 33.6. The lowest BCUT2D eigenvalue weighted by molar-refractivity contribution is 0.0966. The van der Waals surface area contributed by atoms with E-state index in [1.807, 2.05) is 6.92 Å². The minimum absolute atomic E-state index is 0.0167. The first-order valence-corrected chi connectivity index (χ1v) is 17.8. The highest BCUT2D eigenvalue weighted by Crippen LogP contribution is 2.54. The molecule has 4 aromatic rings. The van der Waals surface area contributed by atoms with Crippen molar-refractivity contribution < 1.29 is 28.5 Å². The average Bonchev–Trinajstić information content (AvgIpc) is 4.03. The van der Waals surface area contributed by atoms with Crippen molar-refractivity contribution in [1.82, 2.24) is 25.2 Å². The van der Waals surface area contributed by atoms with Crippen LogP contribution in [0.15, 0.2) is 24.3 Å². The normalized spacial score (nSPS) is 26.7. The van der Waals surface area contributed by atoms with Gasteiger partial charge in [0.15, 0.2) is 5.82 Å². The summed E-state index contributed by atoms with van der Waals surface area (Å²) in [6.07, 6.45) is 4.52. The Labute approximate surface area is 283 Å². The van der Waals surface area contributed by atoms with Gasteiger partial charge in [0.25, 0.3) is 0 Å². The molecule has 5 heterocycles. The molecule has 0 radical (unpaired) electrons. The molecule has 4 fully saturated rings. The summed E-state index contributed by atoms with van der Waals surface area (Å²) in [5, 5.41) is 25.8. The van der Waals surface area contributed by atoms with Crippen molar-refractivity contribution in [2.45, 2.75) is 64.1 Å². The predicted molar refractivity (Wildman–Crippen MR) is 181 cm³/mol. The number of hydrogen-bond donors (Lipinski definition) is 3. The first kappa shape index (κ1) is 31.1. The number of nitrogens with zero attached hydrogens (tertiary/aromatic N) is 5. The third-order valence-electron chi connectivity index (χ3n) is 11.8. The molecule has 0 unspecified atom stereocenters. The van der Waals surface area contributed by atoms with Crippen molar-refractivity contribution >= 4 is 27.5 Å². The summed E-state index contributed by atoms with van der Waals surface area (Å²) in [5.41, 5.74) is 0.559. The maximum atomic E-state index is 17.1. The van der Waals surface area contributed by atoms with E-state index in [1.165, 1.54) is 18.6 Å². The molecule has 10 nitrogen and oxygen atoms in total. The molecule has 49 heavy (non-hydrogen) atoms. The van der Waals surface area contributed by atoms with Crippen LogP contribution < -0.4 is 19.7 Å². The standard InChI is InChI=1S/C37H42F2N6O4/c1-3-21-14-45-22(12-40-21)16-48-35-30-33(31(39)32(41-35)26-11-23(47)9-19-5-6-27(38)24(4-2)29(19)26)42-36(43-34(30)45)49-18-37(7-8-37)17-44-13-20-10-25(20)28(44)15-46/h5-6,9,11,20-22,25,28,40,46-47H,3-4,7-8,10,12-18H2,1-2H3/t20-,21+,22-,25-,28-/m0/s1. The van der Waals surface area contributed by atoms with E-state index in [1.54, 1.807) is 12.1 Å². The number of benzene rings is 2. The molecule has 3 aliphatic heterocycles. The Kier molecular flexibility index (Phi) is 7.37. The highest BCUT2D eigenvalue weighted by Gasteiger charge is 2.55. The molecule has 5 aliphatic rings. The smallest absolute Gasteiger partial charge is 0.319 e. The molecular formula is C37H42F2N6O4. The number of aromatic hydroxyl groups is 1. The van der Waals surface area contributed by atoms with Crippen LogP contribution in [0.5, 0.6) is 17.6 Å². The van der Waals surface area contributed by atoms with Crippen LogP contribution in [0.4, 0.5) is 14.6 Å². The number of likely N-dealkylation sites (tertiary alicyclic amines) is 1. The van der Waals surface area contributed by atoms with Crippen LogP contribution in [0.2, 0.25) is 0 Å². The maximum absolute atomic E-state index is 17.1. The van der Waals surface area contributed by atoms with Crippen LogP contribution in [-0.2, 0) is 6.42 Å². The second-order valence-corrected chi connectivity index (χ2v) is 14.9. The summed E-state index contributed by atoms with van der Waals surface area (Å²) in [5.74, 6) is 0.834. The van der Waals surface area contributed by atoms with Crippen LogP contribution >= 0.6 is 0 Å². The van der Waals surface area contributed by atoms with Crippen molar-refractivity contribution in [1.29, 1.82) is 0 Å². The van der Waals surface area contributed by atoms with Crippen molar-refractivity contribution in [2.24, 2.45) is 17.3 Å². The molecule has 0 bridgehead atoms. The number of phenols is 1. The maximum Gasteiger partial charge on any atom is 0.319 e. The minimum Gasteiger partial charge on any atom is -0.508 e. The fraction of sp³-hybridized carbons (Fsp3) is 0.541. The summed E-state index contributed by atoms with van der Waals surface area (Å²) in [7, 11) is 0. The number of aromatic nitrogens is 3. The topological polar surface area (TPSA) is 116 Å². The van der Waals surface area contributed by atoms with Crippen molar-refractivity contribution in [3.8, 4) is 28.9 Å². The van der Waals surface area contributed by atoms with Gasteiger partial charge in [-0.2, -0.15) is 9.97 Å². The number of pyridine rings is 1. The number of fused-ring (bicyclic) bond motifs is 4. The molecule has 258 valence electrons. The van der Waals surface area contributed by atoms with Crippen LogP contribution in [-0.4, -0.2) is 94.2 Å². The van der Waals surface area contributed by atoms with Gasteiger partial charge in [-0.05, 0) is 78.5 Å². The number of phenolic OH excluding ortho intramolecular Hbond substituents is 1. The number of ether oxygens (including phenoxy) is 2. The summed E-state index contributed by atoms with van der Waals surface area (Å²) < 4.78 is 45.0. The zero-order valence-corrected chi connectivity index (χ0v) is 27.9. The lowest BCUT2D eigenvalue weighted by atomic mass is 9.94. The SMILES string of the molecule is CCc1c(F)ccc2cc(O)cc(-c3nc4c5c(nc(OCC6(CN7C[C@@H]8C[C@@H]8[C@@H]7CO)CC6)nc5c3F)N3C[C@@H](CC)NC[C@H]3CO4)c12. The monoisotopic (exact) mass is 672 g/mol. The average molecular weight is 673 g/mol. The van der Waals surface area contributed by atoms with Gasteiger partial charge in [0.1, 0.15) is 40.6 Å². The van der Waals surface area contributed by atoms with Gasteiger partial charge in [-0.1, -0.05) is 19.9 Å². The number of aryl methyl sites for hydroxylation is 1. The predicted octanol–water partition coefficient (Wildman–Crippen LogP) is 4.81. The van der Waals surface area contributed by atoms with Gasteiger partial charge < -0.3 is 29.9 Å². The molecule has 2 aromatic carbocycles. The fourth-order valence-electron chi connectivity index (χ4n) is 8.68. The van der Waals surface area contributed by atoms with E-state index < -0.39 is 11.6 Å². The lowest BCUT2D eigenvalue weighted by Crippen LogP contribution is -2.58. The zero-order valence-electron chi connectivity index (χ0n) is 27.9. The Morgan fingerprint density at radius 1 is 1.10 bits per heavy atom. The number of rotatable bonds is 9. The van der Waals surface area contributed by atoms with Crippen molar-refractivity contribution in [2.75, 3.05) is 50.9 Å². The molecule has 5 atom stereocenters. The molecule has 3 N–H and O–H groups in total. The van der Waals surface area contributed by atoms with E-state index >= 15 is 8.78 Å². The minimum atomic E-state index is -0.710. The first-order chi connectivity index (χ1) is 23.8. The Hall–Kier alpha value is -3.87. The van der Waals surface area contributed by atoms with Gasteiger partial charge in [0, 0.05) is 49.2 Å². The number of aliphatic hydroxyl groups excluding tert-OH is 1. The largest absolute Gasteiger partial charge is 0.508 e. The van der Waals surface area contributed by atoms with E-state index in [9.17, 15) is 10.2 Å². The number of aliphatic hydroxyl groups is 1. The number of anilines is 1. The number of hydrogen-bond acceptors (Lipinski definition) is 10. The quantitative estimate of drug-likeness (QED) is 0.229. The van der Waals surface area contributed by atoms with Crippen molar-refractivity contribution in [3.05, 3.63) is 41.5 Å². The molecule has 2 saturated carbocycles. The van der Waals surface area contributed by atoms with Crippen LogP contribution in [0.25, 0.3) is 32.9 Å². The molecular weight excluding hydrogens is 630 g/mol. The van der Waals surface area contributed by atoms with Gasteiger partial charge in [0.2, 0.25) is 5.88 Å². The van der Waals surface area contributed by atoms with Gasteiger partial charge in [-0.15, -0.1) is 0 Å². The third kappa shape index (κ3) is 5.17. The number of nitrogens with one attached hydrogen (secondary N) is 1. The summed E-state index contributed by atoms with van der Waals surface area (Å²) in [6.45, 7) is 8.03. The molecule has 0 spiro atoms. The number of halogens is 2. The highest BCUT2D eigenvalue weighted by molar-refractivity contribution is 6.03. The van der Waals surface area contributed by atoms with E-state index in [0.29, 0.717) is 72.1 Å². The van der Waals surface area contributed by atoms with Crippen molar-refractivity contribution in [3.63, 3.8) is 0 Å². The molecule has 9 rings (SSSR count). The van der Waals surface area contributed by atoms with E-state index in [4.69, 9.17) is 24.4 Å². The number of piperidine rings is 1. The summed E-state index contributed by atoms with van der Waals surface area (Å²) in [4.78, 5) is 19.0. The Balaban J connectivity index is 1.16. The Morgan fingerprint density at radius 3 is 2.73 bits per heavy atom. The summed E-state index contributed by atoms with van der Waals surface area (Å²) in [6, 6.07) is 6.37. The Morgan fingerprint density at radius 2 is 1.96 bits per heavy atom. The van der Waals surface area contributed by atoms with E-state index in [-0.39, 0.29) is 64.6 Å². The molecule has 2 aromatic heterocycles. The van der Waals surface area contributed by atoms with Gasteiger partial charge >= 0.3 is 6.01 Å². The highest BCUT2D eigenvalue weighted by atomic mass is 19.1. The second-order valence-electron chi connectivity index (χ2n) is 14.9. The van der Waals surface area contributed by atoms with E-state index in [2.05, 4.69) is 22.0 Å². The second kappa shape index (κ2) is 11.6. The molecule has 12 heteroatoms. The van der Waals surface area contributed by atoms with Gasteiger partial charge in [-0.25, -0.2) is 13.8 Å². The van der Waals surface area contributed by atoms with Gasteiger partial charge in [-0.3, -0.25) is 4.90 Å². The van der Waals surface area contributed by atoms with Gasteiger partial charge in [0.05, 0.1) is 19.3 Å². The Bertz CT molecular complexity index is 1970. The van der Waals surface area contributed by atoms with Crippen LogP contribution in [0.3, 0.4) is 0 Å². The number of piperazine rings is 1. The van der Waals surface area contributed by atoms with Crippen LogP contribution in [0.1, 0.15) is 45.1 Å². The third-order valence-corrected chi connectivity index (χ3v) is 11.8. The van der Waals surface area contributed by atoms with E-state index in [0.717, 1.165) is 32.4 Å². The van der Waals surface area contributed by atoms with Crippen LogP contribution in [0, 0.1) is 28.9 Å². The lowest BCUT2D eigenvalue weighted by Gasteiger charge is -2.39. The molecule has 2 aliphatic carbocycles. The summed E-state index contributed by atoms with van der Waals surface area (Å²) >= 11 is 0. The first-order valence-electron chi connectivity index (χ1n) is 17.8.